The van der Waals surface area contributed by atoms with Gasteiger partial charge in [0.1, 0.15) is 11.4 Å². The number of nitrogens with one attached hydrogen (secondary N) is 2. The molecule has 6 heteroatoms. The van der Waals surface area contributed by atoms with Crippen molar-refractivity contribution in [3.63, 3.8) is 0 Å². The van der Waals surface area contributed by atoms with Gasteiger partial charge in [0.05, 0.1) is 18.9 Å². The number of fused-ring (bicyclic) bond motifs is 1. The molecule has 1 aromatic carbocycles. The molecule has 0 aliphatic rings. The van der Waals surface area contributed by atoms with Crippen LogP contribution in [0, 0.1) is 0 Å². The van der Waals surface area contributed by atoms with E-state index < -0.39 is 5.91 Å². The predicted octanol–water partition coefficient (Wildman–Crippen LogP) is 2.18. The largest absolute Gasteiger partial charge is 0.494 e. The number of pyridine rings is 2. The van der Waals surface area contributed by atoms with E-state index >= 15 is 0 Å². The zero-order valence-electron chi connectivity index (χ0n) is 11.8. The summed E-state index contributed by atoms with van der Waals surface area (Å²) in [5.74, 6) is 0.103. The molecular formula is C16H13N3O3. The van der Waals surface area contributed by atoms with Crippen molar-refractivity contribution in [1.82, 2.24) is 9.97 Å². The normalized spacial score (nSPS) is 10.4. The van der Waals surface area contributed by atoms with Crippen LogP contribution >= 0.6 is 0 Å². The van der Waals surface area contributed by atoms with E-state index in [9.17, 15) is 9.59 Å². The van der Waals surface area contributed by atoms with Gasteiger partial charge < -0.3 is 15.0 Å². The monoisotopic (exact) mass is 295 g/mol. The molecule has 0 aliphatic heterocycles. The second kappa shape index (κ2) is 5.69. The van der Waals surface area contributed by atoms with E-state index in [2.05, 4.69) is 15.3 Å². The molecule has 0 radical (unpaired) electrons. The summed E-state index contributed by atoms with van der Waals surface area (Å²) in [4.78, 5) is 30.9. The Morgan fingerprint density at radius 3 is 2.91 bits per heavy atom. The van der Waals surface area contributed by atoms with E-state index in [1.807, 2.05) is 6.07 Å². The summed E-state index contributed by atoms with van der Waals surface area (Å²) in [6.07, 6.45) is 3.06. The third-order valence-corrected chi connectivity index (χ3v) is 3.24. The Labute approximate surface area is 125 Å². The average molecular weight is 295 g/mol. The van der Waals surface area contributed by atoms with Gasteiger partial charge in [0.2, 0.25) is 5.56 Å². The SMILES string of the molecule is COc1ccncc1NC(=O)c1cc(=O)[nH]c2ccccc12. The Bertz CT molecular complexity index is 902. The number of nitrogens with zero attached hydrogens (tertiary/aromatic N) is 1. The van der Waals surface area contributed by atoms with Crippen LogP contribution in [0.4, 0.5) is 5.69 Å². The summed E-state index contributed by atoms with van der Waals surface area (Å²) in [5.41, 5.74) is 1.02. The van der Waals surface area contributed by atoms with Crippen LogP contribution in [0.2, 0.25) is 0 Å². The first-order chi connectivity index (χ1) is 10.7. The predicted molar refractivity (Wildman–Crippen MR) is 83.3 cm³/mol. The molecule has 2 heterocycles. The molecule has 110 valence electrons. The maximum atomic E-state index is 12.5. The van der Waals surface area contributed by atoms with Gasteiger partial charge in [0, 0.05) is 29.2 Å². The van der Waals surface area contributed by atoms with Crippen LogP contribution < -0.4 is 15.6 Å². The standard InChI is InChI=1S/C16H13N3O3/c1-22-14-6-7-17-9-13(14)19-16(21)11-8-15(20)18-12-5-3-2-4-10(11)12/h2-9H,1H3,(H,18,20)(H,19,21). The number of benzene rings is 1. The Balaban J connectivity index is 2.04. The molecule has 0 saturated carbocycles. The third-order valence-electron chi connectivity index (χ3n) is 3.24. The minimum atomic E-state index is -0.395. The van der Waals surface area contributed by atoms with Gasteiger partial charge in [0.25, 0.3) is 5.91 Å². The molecule has 3 rings (SSSR count). The third kappa shape index (κ3) is 2.54. The highest BCUT2D eigenvalue weighted by Crippen LogP contribution is 2.23. The molecular weight excluding hydrogens is 282 g/mol. The number of ether oxygens (including phenoxy) is 1. The van der Waals surface area contributed by atoms with Crippen LogP contribution in [0.15, 0.2) is 53.6 Å². The lowest BCUT2D eigenvalue weighted by atomic mass is 10.1. The second-order valence-electron chi connectivity index (χ2n) is 4.62. The molecule has 2 aromatic heterocycles. The molecule has 0 bridgehead atoms. The number of hydrogen-bond acceptors (Lipinski definition) is 4. The fourth-order valence-corrected chi connectivity index (χ4v) is 2.24. The lowest BCUT2D eigenvalue weighted by molar-refractivity contribution is 0.102. The van der Waals surface area contributed by atoms with Crippen molar-refractivity contribution in [2.75, 3.05) is 12.4 Å². The number of methoxy groups -OCH3 is 1. The number of anilines is 1. The summed E-state index contributed by atoms with van der Waals surface area (Å²) in [6.45, 7) is 0. The highest BCUT2D eigenvalue weighted by Gasteiger charge is 2.13. The molecule has 0 unspecified atom stereocenters. The van der Waals surface area contributed by atoms with Crippen molar-refractivity contribution in [2.24, 2.45) is 0 Å². The molecule has 0 aliphatic carbocycles. The minimum Gasteiger partial charge on any atom is -0.494 e. The van der Waals surface area contributed by atoms with E-state index in [1.54, 1.807) is 30.5 Å². The summed E-state index contributed by atoms with van der Waals surface area (Å²) in [5, 5.41) is 3.39. The van der Waals surface area contributed by atoms with Crippen LogP contribution in [0.3, 0.4) is 0 Å². The van der Waals surface area contributed by atoms with E-state index in [1.165, 1.54) is 19.4 Å². The topological polar surface area (TPSA) is 84.1 Å². The van der Waals surface area contributed by atoms with Crippen LogP contribution in [0.1, 0.15) is 10.4 Å². The Kier molecular flexibility index (Phi) is 3.57. The number of aromatic amines is 1. The van der Waals surface area contributed by atoms with Gasteiger partial charge in [0.15, 0.2) is 0 Å². The van der Waals surface area contributed by atoms with Gasteiger partial charge in [-0.3, -0.25) is 14.6 Å². The highest BCUT2D eigenvalue weighted by molar-refractivity contribution is 6.12. The van der Waals surface area contributed by atoms with E-state index in [0.717, 1.165) is 0 Å². The van der Waals surface area contributed by atoms with E-state index in [-0.39, 0.29) is 5.56 Å². The molecule has 0 atom stereocenters. The van der Waals surface area contributed by atoms with Crippen LogP contribution in [-0.4, -0.2) is 23.0 Å². The molecule has 0 spiro atoms. The summed E-state index contributed by atoms with van der Waals surface area (Å²) in [7, 11) is 1.51. The fraction of sp³-hybridized carbons (Fsp3) is 0.0625. The number of amides is 1. The molecule has 6 nitrogen and oxygen atoms in total. The van der Waals surface area contributed by atoms with Gasteiger partial charge in [-0.25, -0.2) is 0 Å². The van der Waals surface area contributed by atoms with Crippen LogP contribution in [0.5, 0.6) is 5.75 Å². The Morgan fingerprint density at radius 2 is 2.09 bits per heavy atom. The summed E-state index contributed by atoms with van der Waals surface area (Å²) in [6, 6.07) is 10.1. The Hall–Kier alpha value is -3.15. The molecule has 2 N–H and O–H groups in total. The van der Waals surface area contributed by atoms with Crippen molar-refractivity contribution < 1.29 is 9.53 Å². The molecule has 3 aromatic rings. The van der Waals surface area contributed by atoms with Crippen molar-refractivity contribution in [3.05, 3.63) is 64.7 Å². The van der Waals surface area contributed by atoms with Gasteiger partial charge in [-0.1, -0.05) is 18.2 Å². The van der Waals surface area contributed by atoms with E-state index in [0.29, 0.717) is 27.9 Å². The number of H-pyrrole nitrogens is 1. The fourth-order valence-electron chi connectivity index (χ4n) is 2.24. The smallest absolute Gasteiger partial charge is 0.256 e. The Morgan fingerprint density at radius 1 is 1.27 bits per heavy atom. The number of carbonyl (C=O) groups is 1. The van der Waals surface area contributed by atoms with Crippen molar-refractivity contribution in [2.45, 2.75) is 0 Å². The lowest BCUT2D eigenvalue weighted by Gasteiger charge is -2.10. The van der Waals surface area contributed by atoms with Crippen molar-refractivity contribution in [1.29, 1.82) is 0 Å². The van der Waals surface area contributed by atoms with Gasteiger partial charge in [-0.2, -0.15) is 0 Å². The minimum absolute atomic E-state index is 0.297. The lowest BCUT2D eigenvalue weighted by Crippen LogP contribution is -2.17. The first-order valence-corrected chi connectivity index (χ1v) is 6.60. The van der Waals surface area contributed by atoms with E-state index in [4.69, 9.17) is 4.74 Å². The number of aromatic nitrogens is 2. The zero-order valence-corrected chi connectivity index (χ0v) is 11.8. The maximum absolute atomic E-state index is 12.5. The van der Waals surface area contributed by atoms with Crippen LogP contribution in [-0.2, 0) is 0 Å². The van der Waals surface area contributed by atoms with Gasteiger partial charge >= 0.3 is 0 Å². The number of rotatable bonds is 3. The number of carbonyl (C=O) groups excluding carboxylic acids is 1. The zero-order chi connectivity index (χ0) is 15.5. The average Bonchev–Trinajstić information content (AvgIpc) is 2.54. The second-order valence-corrected chi connectivity index (χ2v) is 4.62. The quantitative estimate of drug-likeness (QED) is 0.775. The first-order valence-electron chi connectivity index (χ1n) is 6.60. The van der Waals surface area contributed by atoms with Crippen molar-refractivity contribution in [3.8, 4) is 5.75 Å². The number of hydrogen-bond donors (Lipinski definition) is 2. The van der Waals surface area contributed by atoms with Crippen LogP contribution in [0.25, 0.3) is 10.9 Å². The molecule has 0 fully saturated rings. The highest BCUT2D eigenvalue weighted by atomic mass is 16.5. The number of para-hydroxylation sites is 1. The summed E-state index contributed by atoms with van der Waals surface area (Å²) < 4.78 is 5.17. The summed E-state index contributed by atoms with van der Waals surface area (Å²) >= 11 is 0. The van der Waals surface area contributed by atoms with Gasteiger partial charge in [-0.15, -0.1) is 0 Å². The molecule has 22 heavy (non-hydrogen) atoms. The maximum Gasteiger partial charge on any atom is 0.256 e. The van der Waals surface area contributed by atoms with Gasteiger partial charge in [-0.05, 0) is 6.07 Å². The molecule has 1 amide bonds. The first kappa shape index (κ1) is 13.8. The molecule has 0 saturated heterocycles. The van der Waals surface area contributed by atoms with Crippen molar-refractivity contribution >= 4 is 22.5 Å².